The van der Waals surface area contributed by atoms with Crippen molar-refractivity contribution in [2.45, 2.75) is 43.2 Å². The minimum absolute atomic E-state index is 0.205. The van der Waals surface area contributed by atoms with Gasteiger partial charge in [0.2, 0.25) is 0 Å². The van der Waals surface area contributed by atoms with E-state index in [1.807, 2.05) is 40.8 Å². The predicted octanol–water partition coefficient (Wildman–Crippen LogP) is 3.27. The summed E-state index contributed by atoms with van der Waals surface area (Å²) >= 11 is 1.42. The lowest BCUT2D eigenvalue weighted by molar-refractivity contribution is 0.0696. The highest BCUT2D eigenvalue weighted by atomic mass is 32.2. The van der Waals surface area contributed by atoms with Gasteiger partial charge in [0, 0.05) is 18.2 Å². The first kappa shape index (κ1) is 15.6. The number of nitrogens with zero attached hydrogens (tertiary/aromatic N) is 3. The Morgan fingerprint density at radius 1 is 1.29 bits per heavy atom. The number of hydrogen-bond acceptors (Lipinski definition) is 4. The zero-order chi connectivity index (χ0) is 15.8. The van der Waals surface area contributed by atoms with Crippen LogP contribution in [-0.2, 0) is 12.5 Å². The van der Waals surface area contributed by atoms with Gasteiger partial charge in [-0.2, -0.15) is 5.10 Å². The van der Waals surface area contributed by atoms with Gasteiger partial charge in [-0.05, 0) is 25.1 Å². The van der Waals surface area contributed by atoms with Crippen molar-refractivity contribution in [3.63, 3.8) is 0 Å². The van der Waals surface area contributed by atoms with E-state index in [0.717, 1.165) is 16.4 Å². The Morgan fingerprint density at radius 3 is 2.43 bits per heavy atom. The molecule has 0 atom stereocenters. The number of aryl methyl sites for hydroxylation is 2. The summed E-state index contributed by atoms with van der Waals surface area (Å²) in [6, 6.07) is 5.20. The van der Waals surface area contributed by atoms with E-state index in [9.17, 15) is 9.90 Å². The molecule has 1 N–H and O–H groups in total. The van der Waals surface area contributed by atoms with Crippen molar-refractivity contribution in [1.82, 2.24) is 14.8 Å². The molecule has 0 saturated carbocycles. The molecule has 0 spiro atoms. The number of aromatic nitrogens is 3. The molecule has 0 amide bonds. The second-order valence-electron chi connectivity index (χ2n) is 5.98. The lowest BCUT2D eigenvalue weighted by Crippen LogP contribution is -2.15. The van der Waals surface area contributed by atoms with Crippen LogP contribution in [0.1, 0.15) is 42.5 Å². The van der Waals surface area contributed by atoms with Gasteiger partial charge in [0.25, 0.3) is 0 Å². The molecular formula is C15H19N3O2S. The van der Waals surface area contributed by atoms with Crippen LogP contribution in [0.25, 0.3) is 0 Å². The highest BCUT2D eigenvalue weighted by Crippen LogP contribution is 2.30. The largest absolute Gasteiger partial charge is 0.478 e. The van der Waals surface area contributed by atoms with Crippen molar-refractivity contribution in [2.75, 3.05) is 0 Å². The van der Waals surface area contributed by atoms with Gasteiger partial charge in [0.15, 0.2) is 0 Å². The molecule has 5 nitrogen and oxygen atoms in total. The van der Waals surface area contributed by atoms with Crippen LogP contribution in [0.15, 0.2) is 28.3 Å². The Balaban J connectivity index is 2.45. The second kappa shape index (κ2) is 5.52. The van der Waals surface area contributed by atoms with Crippen molar-refractivity contribution in [2.24, 2.45) is 7.05 Å². The van der Waals surface area contributed by atoms with Gasteiger partial charge in [-0.3, -0.25) is 4.68 Å². The van der Waals surface area contributed by atoms with E-state index < -0.39 is 5.97 Å². The maximum absolute atomic E-state index is 11.3. The number of carboxylic acid groups (broad SMARTS) is 1. The predicted molar refractivity (Wildman–Crippen MR) is 82.0 cm³/mol. The van der Waals surface area contributed by atoms with E-state index in [0.29, 0.717) is 5.03 Å². The minimum Gasteiger partial charge on any atom is -0.478 e. The van der Waals surface area contributed by atoms with E-state index >= 15 is 0 Å². The molecule has 0 aliphatic rings. The van der Waals surface area contributed by atoms with Gasteiger partial charge in [0.1, 0.15) is 10.1 Å². The molecule has 0 saturated heterocycles. The normalized spacial score (nSPS) is 11.7. The van der Waals surface area contributed by atoms with E-state index in [2.05, 4.69) is 10.1 Å². The lowest BCUT2D eigenvalue weighted by Gasteiger charge is -2.19. The molecule has 2 heterocycles. The molecule has 0 aliphatic carbocycles. The van der Waals surface area contributed by atoms with Crippen LogP contribution >= 0.6 is 11.8 Å². The van der Waals surface area contributed by atoms with Gasteiger partial charge in [-0.15, -0.1) is 0 Å². The smallest absolute Gasteiger partial charge is 0.335 e. The topological polar surface area (TPSA) is 68.0 Å². The summed E-state index contributed by atoms with van der Waals surface area (Å²) in [6.07, 6.45) is 0. The van der Waals surface area contributed by atoms with Gasteiger partial charge < -0.3 is 5.11 Å². The fourth-order valence-electron chi connectivity index (χ4n) is 1.85. The average molecular weight is 305 g/mol. The molecular weight excluding hydrogens is 286 g/mol. The monoisotopic (exact) mass is 305 g/mol. The summed E-state index contributed by atoms with van der Waals surface area (Å²) in [4.78, 5) is 15.9. The Labute approximate surface area is 128 Å². The minimum atomic E-state index is -0.939. The number of aromatic carboxylic acids is 1. The SMILES string of the molecule is Cc1cc(Sc2cc(C(=O)O)cc(C(C)(C)C)n2)n(C)n1. The first-order valence-electron chi connectivity index (χ1n) is 6.61. The standard InChI is InChI=1S/C15H19N3O2S/c1-9-6-13(18(5)17-9)21-12-8-10(14(19)20)7-11(16-12)15(2,3)4/h6-8H,1-5H3,(H,19,20). The molecule has 2 aromatic heterocycles. The van der Waals surface area contributed by atoms with Gasteiger partial charge in [0.05, 0.1) is 11.3 Å². The number of rotatable bonds is 3. The van der Waals surface area contributed by atoms with Crippen LogP contribution in [0, 0.1) is 6.92 Å². The lowest BCUT2D eigenvalue weighted by atomic mass is 9.91. The first-order chi connectivity index (χ1) is 9.66. The fraction of sp³-hybridized carbons (Fsp3) is 0.400. The fourth-order valence-corrected chi connectivity index (χ4v) is 2.80. The number of hydrogen-bond donors (Lipinski definition) is 1. The van der Waals surface area contributed by atoms with Crippen LogP contribution in [0.2, 0.25) is 0 Å². The Bertz CT molecular complexity index is 687. The number of carboxylic acids is 1. The maximum atomic E-state index is 11.3. The van der Waals surface area contributed by atoms with E-state index in [1.54, 1.807) is 16.8 Å². The highest BCUT2D eigenvalue weighted by Gasteiger charge is 2.20. The van der Waals surface area contributed by atoms with E-state index in [1.165, 1.54) is 11.8 Å². The zero-order valence-electron chi connectivity index (χ0n) is 12.8. The van der Waals surface area contributed by atoms with Crippen LogP contribution in [0.3, 0.4) is 0 Å². The third kappa shape index (κ3) is 3.64. The van der Waals surface area contributed by atoms with Crippen LogP contribution in [0.4, 0.5) is 0 Å². The summed E-state index contributed by atoms with van der Waals surface area (Å²) in [5, 5.41) is 15.2. The number of pyridine rings is 1. The molecule has 0 bridgehead atoms. The van der Waals surface area contributed by atoms with Crippen molar-refractivity contribution >= 4 is 17.7 Å². The average Bonchev–Trinajstić information content (AvgIpc) is 2.66. The van der Waals surface area contributed by atoms with Crippen molar-refractivity contribution < 1.29 is 9.90 Å². The maximum Gasteiger partial charge on any atom is 0.335 e. The molecule has 0 aliphatic heterocycles. The Hall–Kier alpha value is -1.82. The molecule has 2 aromatic rings. The molecule has 112 valence electrons. The van der Waals surface area contributed by atoms with Crippen LogP contribution in [0.5, 0.6) is 0 Å². The molecule has 21 heavy (non-hydrogen) atoms. The quantitative estimate of drug-likeness (QED) is 0.942. The summed E-state index contributed by atoms with van der Waals surface area (Å²) < 4.78 is 1.77. The number of carbonyl (C=O) groups is 1. The second-order valence-corrected chi connectivity index (χ2v) is 7.02. The first-order valence-corrected chi connectivity index (χ1v) is 7.43. The summed E-state index contributed by atoms with van der Waals surface area (Å²) in [6.45, 7) is 7.97. The molecule has 0 fully saturated rings. The Morgan fingerprint density at radius 2 is 1.95 bits per heavy atom. The molecule has 2 rings (SSSR count). The summed E-state index contributed by atoms with van der Waals surface area (Å²) in [7, 11) is 1.86. The highest BCUT2D eigenvalue weighted by molar-refractivity contribution is 7.99. The summed E-state index contributed by atoms with van der Waals surface area (Å²) in [5.74, 6) is -0.939. The zero-order valence-corrected chi connectivity index (χ0v) is 13.7. The van der Waals surface area contributed by atoms with Crippen LogP contribution < -0.4 is 0 Å². The third-order valence-corrected chi connectivity index (χ3v) is 3.99. The molecule has 0 unspecified atom stereocenters. The molecule has 0 radical (unpaired) electrons. The van der Waals surface area contributed by atoms with Crippen molar-refractivity contribution in [3.8, 4) is 0 Å². The van der Waals surface area contributed by atoms with E-state index in [4.69, 9.17) is 0 Å². The molecule has 0 aromatic carbocycles. The van der Waals surface area contributed by atoms with Crippen molar-refractivity contribution in [1.29, 1.82) is 0 Å². The third-order valence-electron chi connectivity index (χ3n) is 2.99. The van der Waals surface area contributed by atoms with Gasteiger partial charge in [-0.1, -0.05) is 32.5 Å². The Kier molecular flexibility index (Phi) is 4.09. The van der Waals surface area contributed by atoms with Crippen molar-refractivity contribution in [3.05, 3.63) is 35.2 Å². The van der Waals surface area contributed by atoms with Gasteiger partial charge >= 0.3 is 5.97 Å². The molecule has 6 heteroatoms. The van der Waals surface area contributed by atoms with Crippen LogP contribution in [-0.4, -0.2) is 25.8 Å². The van der Waals surface area contributed by atoms with E-state index in [-0.39, 0.29) is 11.0 Å². The van der Waals surface area contributed by atoms with Gasteiger partial charge in [-0.25, -0.2) is 9.78 Å². The summed E-state index contributed by atoms with van der Waals surface area (Å²) in [5.41, 5.74) is 1.74.